The van der Waals surface area contributed by atoms with Crippen molar-refractivity contribution in [2.45, 2.75) is 44.6 Å². The van der Waals surface area contributed by atoms with Crippen molar-refractivity contribution in [1.29, 1.82) is 0 Å². The van der Waals surface area contributed by atoms with Gasteiger partial charge >= 0.3 is 0 Å². The van der Waals surface area contributed by atoms with E-state index >= 15 is 0 Å². The van der Waals surface area contributed by atoms with Gasteiger partial charge in [-0.3, -0.25) is 4.68 Å². The Hall–Kier alpha value is -0.940. The van der Waals surface area contributed by atoms with Crippen LogP contribution in [0.1, 0.15) is 43.7 Å². The first-order valence-corrected chi connectivity index (χ1v) is 6.62. The Morgan fingerprint density at radius 3 is 3.12 bits per heavy atom. The minimum Gasteiger partial charge on any atom is -0.396 e. The number of nitrogens with one attached hydrogen (secondary N) is 1. The van der Waals surface area contributed by atoms with Gasteiger partial charge < -0.3 is 10.4 Å². The first kappa shape index (κ1) is 12.5. The van der Waals surface area contributed by atoms with Gasteiger partial charge in [0.2, 0.25) is 0 Å². The molecule has 1 atom stereocenters. The van der Waals surface area contributed by atoms with Gasteiger partial charge in [-0.1, -0.05) is 5.21 Å². The molecule has 1 aromatic heterocycles. The van der Waals surface area contributed by atoms with Crippen LogP contribution in [0.5, 0.6) is 0 Å². The molecule has 1 aliphatic rings. The van der Waals surface area contributed by atoms with E-state index in [1.54, 1.807) is 0 Å². The number of aliphatic hydroxyl groups is 1. The minimum atomic E-state index is 0.288. The van der Waals surface area contributed by atoms with Gasteiger partial charge in [-0.25, -0.2) is 0 Å². The molecule has 0 amide bonds. The van der Waals surface area contributed by atoms with E-state index in [-0.39, 0.29) is 6.61 Å². The highest BCUT2D eigenvalue weighted by atomic mass is 16.2. The van der Waals surface area contributed by atoms with Gasteiger partial charge in [0.05, 0.1) is 5.69 Å². The highest BCUT2D eigenvalue weighted by Gasteiger charge is 2.17. The van der Waals surface area contributed by atoms with E-state index in [0.717, 1.165) is 44.6 Å². The zero-order chi connectivity index (χ0) is 11.9. The molecule has 0 unspecified atom stereocenters. The summed E-state index contributed by atoms with van der Waals surface area (Å²) in [4.78, 5) is 0. The maximum absolute atomic E-state index is 8.70. The molecule has 0 radical (unpaired) electrons. The predicted molar refractivity (Wildman–Crippen MR) is 65.8 cm³/mol. The van der Waals surface area contributed by atoms with E-state index in [0.29, 0.717) is 5.92 Å². The Labute approximate surface area is 102 Å². The molecule has 2 rings (SSSR count). The fourth-order valence-electron chi connectivity index (χ4n) is 2.28. The summed E-state index contributed by atoms with van der Waals surface area (Å²) in [6, 6.07) is 0. The maximum Gasteiger partial charge on any atom is 0.0870 e. The summed E-state index contributed by atoms with van der Waals surface area (Å²) in [7, 11) is 0. The summed E-state index contributed by atoms with van der Waals surface area (Å²) in [5.41, 5.74) is 1.12. The molecular formula is C12H22N4O. The fourth-order valence-corrected chi connectivity index (χ4v) is 2.28. The SMILES string of the molecule is OCCCCCn1cc([C@@H]2CCCNC2)nn1. The largest absolute Gasteiger partial charge is 0.396 e. The van der Waals surface area contributed by atoms with Crippen LogP contribution in [0.4, 0.5) is 0 Å². The molecule has 96 valence electrons. The van der Waals surface area contributed by atoms with E-state index in [4.69, 9.17) is 5.11 Å². The lowest BCUT2D eigenvalue weighted by molar-refractivity contribution is 0.281. The summed E-state index contributed by atoms with van der Waals surface area (Å²) in [5, 5.41) is 20.5. The second-order valence-corrected chi connectivity index (χ2v) is 4.73. The first-order valence-electron chi connectivity index (χ1n) is 6.62. The van der Waals surface area contributed by atoms with Crippen LogP contribution < -0.4 is 5.32 Å². The summed E-state index contributed by atoms with van der Waals surface area (Å²) in [6.07, 6.45) is 7.53. The van der Waals surface area contributed by atoms with Crippen LogP contribution in [0, 0.1) is 0 Å². The van der Waals surface area contributed by atoms with Crippen molar-refractivity contribution in [3.63, 3.8) is 0 Å². The smallest absolute Gasteiger partial charge is 0.0870 e. The molecule has 5 heteroatoms. The number of hydrogen-bond donors (Lipinski definition) is 2. The Morgan fingerprint density at radius 1 is 1.41 bits per heavy atom. The third kappa shape index (κ3) is 3.78. The predicted octanol–water partition coefficient (Wildman–Crippen LogP) is 0.908. The molecule has 17 heavy (non-hydrogen) atoms. The molecule has 0 aliphatic carbocycles. The van der Waals surface area contributed by atoms with Crippen molar-refractivity contribution in [3.05, 3.63) is 11.9 Å². The van der Waals surface area contributed by atoms with Crippen molar-refractivity contribution < 1.29 is 5.11 Å². The second-order valence-electron chi connectivity index (χ2n) is 4.73. The van der Waals surface area contributed by atoms with Crippen molar-refractivity contribution in [1.82, 2.24) is 20.3 Å². The van der Waals surface area contributed by atoms with Crippen LogP contribution in [-0.2, 0) is 6.54 Å². The Kier molecular flexibility index (Phi) is 4.94. The van der Waals surface area contributed by atoms with Crippen molar-refractivity contribution in [2.24, 2.45) is 0 Å². The van der Waals surface area contributed by atoms with Crippen LogP contribution in [0.15, 0.2) is 6.20 Å². The van der Waals surface area contributed by atoms with Crippen molar-refractivity contribution in [2.75, 3.05) is 19.7 Å². The Bertz CT molecular complexity index is 320. The minimum absolute atomic E-state index is 0.288. The average Bonchev–Trinajstić information content (AvgIpc) is 2.85. The second kappa shape index (κ2) is 6.71. The normalized spacial score (nSPS) is 20.6. The van der Waals surface area contributed by atoms with Gasteiger partial charge in [0.15, 0.2) is 0 Å². The zero-order valence-electron chi connectivity index (χ0n) is 10.3. The Balaban J connectivity index is 1.78. The van der Waals surface area contributed by atoms with E-state index in [2.05, 4.69) is 21.8 Å². The van der Waals surface area contributed by atoms with E-state index < -0.39 is 0 Å². The van der Waals surface area contributed by atoms with Gasteiger partial charge in [-0.05, 0) is 38.6 Å². The highest BCUT2D eigenvalue weighted by molar-refractivity contribution is 5.04. The standard InChI is InChI=1S/C12H22N4O/c17-8-3-1-2-7-16-10-12(14-15-16)11-5-4-6-13-9-11/h10-11,13,17H,1-9H2/t11-/m1/s1. The molecule has 1 aliphatic heterocycles. The lowest BCUT2D eigenvalue weighted by Gasteiger charge is -2.20. The van der Waals surface area contributed by atoms with Gasteiger partial charge in [-0.2, -0.15) is 0 Å². The molecule has 2 heterocycles. The molecule has 1 fully saturated rings. The summed E-state index contributed by atoms with van der Waals surface area (Å²) < 4.78 is 1.93. The van der Waals surface area contributed by atoms with E-state index in [1.807, 2.05) is 4.68 Å². The molecule has 1 aromatic rings. The molecule has 5 nitrogen and oxygen atoms in total. The number of hydrogen-bond acceptors (Lipinski definition) is 4. The summed E-state index contributed by atoms with van der Waals surface area (Å²) >= 11 is 0. The topological polar surface area (TPSA) is 63.0 Å². The lowest BCUT2D eigenvalue weighted by Crippen LogP contribution is -2.28. The quantitative estimate of drug-likeness (QED) is 0.723. The molecule has 1 saturated heterocycles. The van der Waals surface area contributed by atoms with E-state index in [1.165, 1.54) is 12.8 Å². The third-order valence-electron chi connectivity index (χ3n) is 3.32. The van der Waals surface area contributed by atoms with Gasteiger partial charge in [0.25, 0.3) is 0 Å². The highest BCUT2D eigenvalue weighted by Crippen LogP contribution is 2.20. The number of aryl methyl sites for hydroxylation is 1. The van der Waals surface area contributed by atoms with Gasteiger partial charge in [-0.15, -0.1) is 5.10 Å². The van der Waals surface area contributed by atoms with Gasteiger partial charge in [0, 0.05) is 31.8 Å². The molecule has 2 N–H and O–H groups in total. The van der Waals surface area contributed by atoms with E-state index in [9.17, 15) is 0 Å². The zero-order valence-corrected chi connectivity index (χ0v) is 10.3. The number of unbranched alkanes of at least 4 members (excludes halogenated alkanes) is 2. The number of rotatable bonds is 6. The lowest BCUT2D eigenvalue weighted by atomic mass is 9.97. The van der Waals surface area contributed by atoms with Crippen LogP contribution in [0.25, 0.3) is 0 Å². The third-order valence-corrected chi connectivity index (χ3v) is 3.32. The maximum atomic E-state index is 8.70. The number of aromatic nitrogens is 3. The molecule has 0 saturated carbocycles. The van der Waals surface area contributed by atoms with Crippen LogP contribution in [-0.4, -0.2) is 39.8 Å². The average molecular weight is 238 g/mol. The summed E-state index contributed by atoms with van der Waals surface area (Å²) in [5.74, 6) is 0.537. The number of piperidine rings is 1. The molecular weight excluding hydrogens is 216 g/mol. The van der Waals surface area contributed by atoms with Crippen LogP contribution >= 0.6 is 0 Å². The first-order chi connectivity index (χ1) is 8.40. The Morgan fingerprint density at radius 2 is 2.35 bits per heavy atom. The molecule has 0 spiro atoms. The van der Waals surface area contributed by atoms with Crippen LogP contribution in [0.2, 0.25) is 0 Å². The van der Waals surface area contributed by atoms with Crippen molar-refractivity contribution >= 4 is 0 Å². The molecule has 0 aromatic carbocycles. The summed E-state index contributed by atoms with van der Waals surface area (Å²) in [6.45, 7) is 3.36. The number of nitrogens with zero attached hydrogens (tertiary/aromatic N) is 3. The van der Waals surface area contributed by atoms with Gasteiger partial charge in [0.1, 0.15) is 0 Å². The monoisotopic (exact) mass is 238 g/mol. The number of aliphatic hydroxyl groups excluding tert-OH is 1. The van der Waals surface area contributed by atoms with Crippen molar-refractivity contribution in [3.8, 4) is 0 Å². The fraction of sp³-hybridized carbons (Fsp3) is 0.833. The molecule has 0 bridgehead atoms. The van der Waals surface area contributed by atoms with Crippen LogP contribution in [0.3, 0.4) is 0 Å².